The summed E-state index contributed by atoms with van der Waals surface area (Å²) in [6, 6.07) is 5.75. The third-order valence-electron chi connectivity index (χ3n) is 4.06. The Balaban J connectivity index is 1.67. The predicted octanol–water partition coefficient (Wildman–Crippen LogP) is 1.64. The highest BCUT2D eigenvalue weighted by Gasteiger charge is 2.36. The van der Waals surface area contributed by atoms with Crippen molar-refractivity contribution in [2.75, 3.05) is 31.6 Å². The predicted molar refractivity (Wildman–Crippen MR) is 89.7 cm³/mol. The molecule has 1 saturated heterocycles. The number of carbonyl (C=O) groups is 1. The molecule has 3 rings (SSSR count). The summed E-state index contributed by atoms with van der Waals surface area (Å²) in [7, 11) is 1.71. The fourth-order valence-corrected chi connectivity index (χ4v) is 3.53. The highest BCUT2D eigenvalue weighted by Crippen LogP contribution is 2.25. The number of β-amino-alcohol motifs (C(OH)–C–C–N with tert-alkyl or cyclic N) is 1. The summed E-state index contributed by atoms with van der Waals surface area (Å²) in [6.45, 7) is 1.62. The highest BCUT2D eigenvalue weighted by molar-refractivity contribution is 7.07. The van der Waals surface area contributed by atoms with Gasteiger partial charge in [-0.1, -0.05) is 6.07 Å². The number of pyridine rings is 1. The van der Waals surface area contributed by atoms with E-state index in [2.05, 4.69) is 14.9 Å². The monoisotopic (exact) mass is 332 g/mol. The smallest absolute Gasteiger partial charge is 0.273 e. The van der Waals surface area contributed by atoms with Crippen LogP contribution in [0.15, 0.2) is 35.3 Å². The normalized spacial score (nSPS) is 21.2. The third-order valence-corrected chi connectivity index (χ3v) is 4.64. The molecule has 0 saturated carbocycles. The first-order valence-corrected chi connectivity index (χ1v) is 8.54. The van der Waals surface area contributed by atoms with Crippen molar-refractivity contribution in [3.63, 3.8) is 0 Å². The van der Waals surface area contributed by atoms with Gasteiger partial charge in [-0.25, -0.2) is 9.97 Å². The second-order valence-electron chi connectivity index (χ2n) is 5.97. The van der Waals surface area contributed by atoms with Crippen molar-refractivity contribution < 1.29 is 9.90 Å². The second kappa shape index (κ2) is 6.64. The van der Waals surface area contributed by atoms with Crippen LogP contribution in [0, 0.1) is 0 Å². The van der Waals surface area contributed by atoms with Gasteiger partial charge in [-0.3, -0.25) is 4.79 Å². The lowest BCUT2D eigenvalue weighted by atomic mass is 9.92. The van der Waals surface area contributed by atoms with Crippen LogP contribution >= 0.6 is 11.3 Å². The number of hydrogen-bond acceptors (Lipinski definition) is 6. The van der Waals surface area contributed by atoms with E-state index in [0.29, 0.717) is 18.7 Å². The Kier molecular flexibility index (Phi) is 4.58. The molecule has 2 aromatic rings. The summed E-state index contributed by atoms with van der Waals surface area (Å²) in [4.78, 5) is 24.3. The van der Waals surface area contributed by atoms with Gasteiger partial charge in [0.15, 0.2) is 0 Å². The van der Waals surface area contributed by atoms with Crippen molar-refractivity contribution in [2.24, 2.45) is 0 Å². The molecule has 1 atom stereocenters. The van der Waals surface area contributed by atoms with Crippen LogP contribution in [0.25, 0.3) is 0 Å². The molecular formula is C16H20N4O2S. The lowest BCUT2D eigenvalue weighted by Crippen LogP contribution is -2.54. The average Bonchev–Trinajstić information content (AvgIpc) is 3.09. The van der Waals surface area contributed by atoms with Gasteiger partial charge in [0, 0.05) is 31.7 Å². The van der Waals surface area contributed by atoms with E-state index in [1.807, 2.05) is 18.2 Å². The van der Waals surface area contributed by atoms with Crippen LogP contribution in [0.5, 0.6) is 0 Å². The van der Waals surface area contributed by atoms with Crippen LogP contribution in [0.1, 0.15) is 23.3 Å². The maximum absolute atomic E-state index is 12.3. The molecule has 122 valence electrons. The maximum atomic E-state index is 12.3. The van der Waals surface area contributed by atoms with Crippen LogP contribution in [0.3, 0.4) is 0 Å². The first kappa shape index (κ1) is 15.9. The quantitative estimate of drug-likeness (QED) is 0.922. The van der Waals surface area contributed by atoms with E-state index in [0.717, 1.165) is 18.8 Å². The Morgan fingerprint density at radius 1 is 1.48 bits per heavy atom. The molecule has 2 aromatic heterocycles. The second-order valence-corrected chi connectivity index (χ2v) is 6.69. The Bertz CT molecular complexity index is 649. The number of anilines is 1. The minimum Gasteiger partial charge on any atom is -0.386 e. The molecule has 1 unspecified atom stereocenters. The third kappa shape index (κ3) is 3.68. The number of nitrogens with zero attached hydrogens (tertiary/aromatic N) is 4. The van der Waals surface area contributed by atoms with Gasteiger partial charge in [-0.15, -0.1) is 11.3 Å². The molecule has 0 aromatic carbocycles. The molecular weight excluding hydrogens is 312 g/mol. The largest absolute Gasteiger partial charge is 0.386 e. The lowest BCUT2D eigenvalue weighted by molar-refractivity contribution is -0.000256. The van der Waals surface area contributed by atoms with Crippen LogP contribution < -0.4 is 4.90 Å². The standard InChI is InChI=1S/C16H20N4O2S/c1-19(15(21)13-9-23-12-18-13)10-16(22)6-4-8-20(11-16)14-5-2-3-7-17-14/h2-3,5,7,9,12,22H,4,6,8,10-11H2,1H3. The first-order chi connectivity index (χ1) is 11.1. The van der Waals surface area contributed by atoms with Crippen LogP contribution in [-0.4, -0.2) is 58.2 Å². The number of amides is 1. The summed E-state index contributed by atoms with van der Waals surface area (Å²) in [5.41, 5.74) is 1.13. The summed E-state index contributed by atoms with van der Waals surface area (Å²) < 4.78 is 0. The minimum absolute atomic E-state index is 0.158. The molecule has 6 nitrogen and oxygen atoms in total. The van der Waals surface area contributed by atoms with E-state index < -0.39 is 5.60 Å². The van der Waals surface area contributed by atoms with Crippen molar-refractivity contribution in [3.05, 3.63) is 41.0 Å². The van der Waals surface area contributed by atoms with E-state index in [4.69, 9.17) is 0 Å². The van der Waals surface area contributed by atoms with Gasteiger partial charge in [0.1, 0.15) is 11.5 Å². The molecule has 0 bridgehead atoms. The summed E-state index contributed by atoms with van der Waals surface area (Å²) in [6.07, 6.45) is 3.29. The van der Waals surface area contributed by atoms with Crippen molar-refractivity contribution >= 4 is 23.1 Å². The Hall–Kier alpha value is -1.99. The van der Waals surface area contributed by atoms with Gasteiger partial charge in [0.2, 0.25) is 0 Å². The van der Waals surface area contributed by atoms with Gasteiger partial charge in [-0.05, 0) is 25.0 Å². The van der Waals surface area contributed by atoms with Gasteiger partial charge in [0.05, 0.1) is 17.7 Å². The van der Waals surface area contributed by atoms with Crippen LogP contribution in [0.2, 0.25) is 0 Å². The Labute approximate surface area is 139 Å². The molecule has 3 heterocycles. The first-order valence-electron chi connectivity index (χ1n) is 7.59. The van der Waals surface area contributed by atoms with Gasteiger partial charge in [0.25, 0.3) is 5.91 Å². The zero-order chi connectivity index (χ0) is 16.3. The number of hydrogen-bond donors (Lipinski definition) is 1. The van der Waals surface area contributed by atoms with E-state index in [9.17, 15) is 9.90 Å². The number of rotatable bonds is 4. The van der Waals surface area contributed by atoms with Gasteiger partial charge >= 0.3 is 0 Å². The fourth-order valence-electron chi connectivity index (χ4n) is 3.00. The van der Waals surface area contributed by atoms with E-state index >= 15 is 0 Å². The van der Waals surface area contributed by atoms with E-state index in [-0.39, 0.29) is 12.5 Å². The lowest BCUT2D eigenvalue weighted by Gasteiger charge is -2.41. The average molecular weight is 332 g/mol. The molecule has 1 aliphatic rings. The van der Waals surface area contributed by atoms with Crippen molar-refractivity contribution in [2.45, 2.75) is 18.4 Å². The van der Waals surface area contributed by atoms with Crippen LogP contribution in [0.4, 0.5) is 5.82 Å². The van der Waals surface area contributed by atoms with Crippen molar-refractivity contribution in [3.8, 4) is 0 Å². The molecule has 1 aliphatic heterocycles. The van der Waals surface area contributed by atoms with Crippen molar-refractivity contribution in [1.82, 2.24) is 14.9 Å². The van der Waals surface area contributed by atoms with E-state index in [1.54, 1.807) is 29.0 Å². The number of aromatic nitrogens is 2. The SMILES string of the molecule is CN(CC1(O)CCCN(c2ccccn2)C1)C(=O)c1cscn1. The number of aliphatic hydroxyl groups is 1. The molecule has 0 radical (unpaired) electrons. The minimum atomic E-state index is -0.934. The summed E-state index contributed by atoms with van der Waals surface area (Å²) in [5, 5.41) is 12.7. The summed E-state index contributed by atoms with van der Waals surface area (Å²) in [5.74, 6) is 0.703. The molecule has 7 heteroatoms. The number of piperidine rings is 1. The van der Waals surface area contributed by atoms with Crippen molar-refractivity contribution in [1.29, 1.82) is 0 Å². The molecule has 23 heavy (non-hydrogen) atoms. The van der Waals surface area contributed by atoms with Crippen LogP contribution in [-0.2, 0) is 0 Å². The zero-order valence-electron chi connectivity index (χ0n) is 13.1. The summed E-state index contributed by atoms with van der Waals surface area (Å²) >= 11 is 1.39. The maximum Gasteiger partial charge on any atom is 0.273 e. The molecule has 0 spiro atoms. The number of carbonyl (C=O) groups excluding carboxylic acids is 1. The van der Waals surface area contributed by atoms with E-state index in [1.165, 1.54) is 11.3 Å². The fraction of sp³-hybridized carbons (Fsp3) is 0.438. The molecule has 0 aliphatic carbocycles. The Morgan fingerprint density at radius 3 is 3.04 bits per heavy atom. The Morgan fingerprint density at radius 2 is 2.35 bits per heavy atom. The molecule has 1 N–H and O–H groups in total. The van der Waals surface area contributed by atoms with Gasteiger partial charge in [-0.2, -0.15) is 0 Å². The molecule has 1 amide bonds. The number of thiazole rings is 1. The zero-order valence-corrected chi connectivity index (χ0v) is 13.9. The number of likely N-dealkylation sites (N-methyl/N-ethyl adjacent to an activating group) is 1. The highest BCUT2D eigenvalue weighted by atomic mass is 32.1. The topological polar surface area (TPSA) is 69.6 Å². The van der Waals surface area contributed by atoms with Gasteiger partial charge < -0.3 is 14.9 Å². The molecule has 1 fully saturated rings.